The Morgan fingerprint density at radius 3 is 2.55 bits per heavy atom. The smallest absolute Gasteiger partial charge is 0.365 e. The summed E-state index contributed by atoms with van der Waals surface area (Å²) in [5.41, 5.74) is -1.52. The van der Waals surface area contributed by atoms with Crippen LogP contribution in [-0.4, -0.2) is 35.7 Å². The van der Waals surface area contributed by atoms with Crippen LogP contribution in [0.15, 0.2) is 33.6 Å². The van der Waals surface area contributed by atoms with Gasteiger partial charge in [-0.3, -0.25) is 9.51 Å². The van der Waals surface area contributed by atoms with Gasteiger partial charge >= 0.3 is 5.76 Å². The van der Waals surface area contributed by atoms with Crippen molar-refractivity contribution in [2.75, 3.05) is 5.32 Å². The number of anilines is 1. The summed E-state index contributed by atoms with van der Waals surface area (Å²) in [6, 6.07) is 5.98. The Bertz CT molecular complexity index is 1560. The molecule has 2 saturated carbocycles. The van der Waals surface area contributed by atoms with Crippen LogP contribution in [0, 0.1) is 23.6 Å². The molecule has 9 nitrogen and oxygen atoms in total. The summed E-state index contributed by atoms with van der Waals surface area (Å²) in [6.07, 6.45) is 7.67. The van der Waals surface area contributed by atoms with Crippen LogP contribution < -0.4 is 11.1 Å². The summed E-state index contributed by atoms with van der Waals surface area (Å²) in [5, 5.41) is 7.30. The van der Waals surface area contributed by atoms with E-state index < -0.39 is 17.2 Å². The van der Waals surface area contributed by atoms with E-state index in [9.17, 15) is 9.18 Å². The molecule has 2 aliphatic rings. The topological polar surface area (TPSA) is 115 Å². The minimum Gasteiger partial charge on any atom is -0.365 e. The van der Waals surface area contributed by atoms with Crippen LogP contribution in [0.2, 0.25) is 0 Å². The van der Waals surface area contributed by atoms with E-state index in [0.29, 0.717) is 35.6 Å². The molecule has 212 valence electrons. The molecule has 11 heteroatoms. The second kappa shape index (κ2) is 10.4. The van der Waals surface area contributed by atoms with Gasteiger partial charge in [-0.05, 0) is 63.4 Å². The number of nitrogens with zero attached hydrogens (tertiary/aromatic N) is 5. The first-order valence-electron chi connectivity index (χ1n) is 14.3. The Hall–Kier alpha value is -3.63. The number of hydrogen-bond acceptors (Lipinski definition) is 7. The van der Waals surface area contributed by atoms with Crippen LogP contribution in [-0.2, 0) is 12.2 Å². The highest BCUT2D eigenvalue weighted by molar-refractivity contribution is 5.86. The largest absolute Gasteiger partial charge is 0.439 e. The maximum Gasteiger partial charge on any atom is 0.439 e. The number of rotatable bonds is 8. The van der Waals surface area contributed by atoms with Gasteiger partial charge in [-0.1, -0.05) is 49.5 Å². The van der Waals surface area contributed by atoms with Crippen molar-refractivity contribution in [3.63, 3.8) is 0 Å². The Morgan fingerprint density at radius 1 is 1.15 bits per heavy atom. The summed E-state index contributed by atoms with van der Waals surface area (Å²) in [5.74, 6) is 0.813. The molecule has 1 unspecified atom stereocenters. The van der Waals surface area contributed by atoms with Gasteiger partial charge in [-0.15, -0.1) is 0 Å². The van der Waals surface area contributed by atoms with Crippen LogP contribution in [0.25, 0.3) is 22.8 Å². The van der Waals surface area contributed by atoms with Gasteiger partial charge in [-0.2, -0.15) is 0 Å². The Morgan fingerprint density at radius 2 is 1.90 bits per heavy atom. The second-order valence-corrected chi connectivity index (χ2v) is 11.8. The van der Waals surface area contributed by atoms with Crippen molar-refractivity contribution in [2.45, 2.75) is 84.0 Å². The molecule has 0 radical (unpaired) electrons. The third-order valence-electron chi connectivity index (χ3n) is 8.85. The van der Waals surface area contributed by atoms with Crippen molar-refractivity contribution >= 4 is 17.0 Å². The average Bonchev–Trinajstić information content (AvgIpc) is 3.48. The van der Waals surface area contributed by atoms with Crippen LogP contribution >= 0.6 is 0 Å². The predicted octanol–water partition coefficient (Wildman–Crippen LogP) is 5.97. The van der Waals surface area contributed by atoms with Gasteiger partial charge in [0.15, 0.2) is 23.0 Å². The van der Waals surface area contributed by atoms with Crippen molar-refractivity contribution in [3.8, 4) is 11.6 Å². The molecule has 0 aliphatic heterocycles. The zero-order chi connectivity index (χ0) is 28.0. The molecule has 3 aromatic heterocycles. The number of aromatic amines is 1. The van der Waals surface area contributed by atoms with E-state index in [-0.39, 0.29) is 34.7 Å². The number of nitrogens with one attached hydrogen (secondary N) is 2. The van der Waals surface area contributed by atoms with Crippen molar-refractivity contribution < 1.29 is 13.3 Å². The summed E-state index contributed by atoms with van der Waals surface area (Å²) < 4.78 is 38.4. The molecule has 2 N–H and O–H groups in total. The number of alkyl halides is 1. The van der Waals surface area contributed by atoms with E-state index in [1.54, 1.807) is 12.1 Å². The lowest BCUT2D eigenvalue weighted by molar-refractivity contribution is 0.209. The summed E-state index contributed by atoms with van der Waals surface area (Å²) in [6.45, 7) is 6.23. The SMILES string of the molecule is C[C@@H](Nc1nc(-c2noc(=O)[nH]2)nc2nc(C(C)(F)c3ccccc3F)n(C[C@H]3CC[C@H](C)CC3)c12)C1CCC1. The van der Waals surface area contributed by atoms with Gasteiger partial charge in [0.25, 0.3) is 0 Å². The molecule has 0 amide bonds. The highest BCUT2D eigenvalue weighted by Crippen LogP contribution is 2.40. The number of aromatic nitrogens is 6. The summed E-state index contributed by atoms with van der Waals surface area (Å²) in [4.78, 5) is 28.2. The lowest BCUT2D eigenvalue weighted by Gasteiger charge is -2.32. The standard InChI is InChI=1S/C29H35F2N7O2/c1-16-11-13-18(14-12-16)15-38-22-23(32-17(2)19-7-6-8-19)33-25(26-36-28(39)40-37-26)34-24(22)35-27(38)29(3,31)20-9-4-5-10-21(20)30/h4-5,9-10,16-19H,6-8,11-15H2,1-3H3,(H,32,33,34)(H,36,37,39)/t16-,17-,18-,29?/m1/s1. The van der Waals surface area contributed by atoms with Crippen LogP contribution in [0.5, 0.6) is 0 Å². The summed E-state index contributed by atoms with van der Waals surface area (Å²) in [7, 11) is 0. The maximum absolute atomic E-state index is 16.9. The molecular formula is C29H35F2N7O2. The normalized spacial score (nSPS) is 22.1. The average molecular weight is 552 g/mol. The number of fused-ring (bicyclic) bond motifs is 1. The lowest BCUT2D eigenvalue weighted by Crippen LogP contribution is -2.31. The minimum atomic E-state index is -2.24. The Kier molecular flexibility index (Phi) is 6.92. The second-order valence-electron chi connectivity index (χ2n) is 11.8. The van der Waals surface area contributed by atoms with E-state index in [1.165, 1.54) is 25.5 Å². The first-order chi connectivity index (χ1) is 19.2. The number of imidazole rings is 1. The molecule has 0 spiro atoms. The molecule has 6 rings (SSSR count). The third-order valence-corrected chi connectivity index (χ3v) is 8.85. The molecule has 3 heterocycles. The highest BCUT2D eigenvalue weighted by atomic mass is 19.1. The molecule has 0 bridgehead atoms. The molecule has 2 atom stereocenters. The number of halogens is 2. The van der Waals surface area contributed by atoms with E-state index in [2.05, 4.69) is 34.3 Å². The molecule has 40 heavy (non-hydrogen) atoms. The molecule has 4 aromatic rings. The minimum absolute atomic E-state index is 0.0562. The predicted molar refractivity (Wildman–Crippen MR) is 147 cm³/mol. The molecule has 2 fully saturated rings. The van der Waals surface area contributed by atoms with Crippen molar-refractivity contribution in [2.24, 2.45) is 17.8 Å². The van der Waals surface area contributed by atoms with Crippen molar-refractivity contribution in [3.05, 3.63) is 52.0 Å². The van der Waals surface area contributed by atoms with Crippen LogP contribution in [0.4, 0.5) is 14.6 Å². The first kappa shape index (κ1) is 26.6. The first-order valence-corrected chi connectivity index (χ1v) is 14.3. The van der Waals surface area contributed by atoms with Crippen LogP contribution in [0.1, 0.15) is 77.1 Å². The van der Waals surface area contributed by atoms with Gasteiger partial charge in [0.1, 0.15) is 11.3 Å². The van der Waals surface area contributed by atoms with Gasteiger partial charge in [0.05, 0.1) is 0 Å². The fraction of sp³-hybridized carbons (Fsp3) is 0.552. The molecular weight excluding hydrogens is 516 g/mol. The van der Waals surface area contributed by atoms with E-state index in [4.69, 9.17) is 14.5 Å². The van der Waals surface area contributed by atoms with Gasteiger partial charge in [0, 0.05) is 18.2 Å². The van der Waals surface area contributed by atoms with Gasteiger partial charge in [-0.25, -0.2) is 28.5 Å². The van der Waals surface area contributed by atoms with Crippen molar-refractivity contribution in [1.29, 1.82) is 0 Å². The van der Waals surface area contributed by atoms with E-state index in [0.717, 1.165) is 38.5 Å². The van der Waals surface area contributed by atoms with Gasteiger partial charge < -0.3 is 9.88 Å². The number of hydrogen-bond donors (Lipinski definition) is 2. The highest BCUT2D eigenvalue weighted by Gasteiger charge is 2.39. The Labute approximate surface area is 230 Å². The molecule has 0 saturated heterocycles. The third kappa shape index (κ3) is 4.90. The monoisotopic (exact) mass is 551 g/mol. The fourth-order valence-electron chi connectivity index (χ4n) is 6.11. The quantitative estimate of drug-likeness (QED) is 0.277. The zero-order valence-electron chi connectivity index (χ0n) is 23.1. The van der Waals surface area contributed by atoms with Crippen molar-refractivity contribution in [1.82, 2.24) is 29.7 Å². The molecule has 2 aliphatic carbocycles. The lowest BCUT2D eigenvalue weighted by atomic mass is 9.80. The number of benzene rings is 1. The van der Waals surface area contributed by atoms with Gasteiger partial charge in [0.2, 0.25) is 11.6 Å². The van der Waals surface area contributed by atoms with E-state index in [1.807, 2.05) is 4.57 Å². The fourth-order valence-corrected chi connectivity index (χ4v) is 6.11. The Balaban J connectivity index is 1.54. The zero-order valence-corrected chi connectivity index (χ0v) is 23.1. The van der Waals surface area contributed by atoms with E-state index >= 15 is 4.39 Å². The number of H-pyrrole nitrogens is 1. The van der Waals surface area contributed by atoms with Crippen LogP contribution in [0.3, 0.4) is 0 Å². The summed E-state index contributed by atoms with van der Waals surface area (Å²) >= 11 is 0. The maximum atomic E-state index is 16.9. The molecule has 1 aromatic carbocycles.